The van der Waals surface area contributed by atoms with Crippen molar-refractivity contribution in [2.75, 3.05) is 24.7 Å². The Labute approximate surface area is 135 Å². The second-order valence-corrected chi connectivity index (χ2v) is 5.72. The minimum absolute atomic E-state index is 0.112. The van der Waals surface area contributed by atoms with Crippen LogP contribution in [0.4, 0.5) is 10.1 Å². The molecule has 3 rings (SSSR count). The summed E-state index contributed by atoms with van der Waals surface area (Å²) in [7, 11) is 0. The van der Waals surface area contributed by atoms with Crippen LogP contribution in [-0.2, 0) is 4.74 Å². The van der Waals surface area contributed by atoms with Crippen LogP contribution in [0.1, 0.15) is 35.2 Å². The standard InChI is InChI=1S/C19H20FNO2/c1-2-21(18-8-4-7-17(20)12-18)19(22)15-6-3-5-14(11-15)16-9-10-23-13-16/h3-8,11-12,16H,2,9-10,13H2,1H3. The lowest BCUT2D eigenvalue weighted by Crippen LogP contribution is -2.30. The molecule has 0 N–H and O–H groups in total. The Kier molecular flexibility index (Phi) is 4.72. The lowest BCUT2D eigenvalue weighted by molar-refractivity contribution is 0.0988. The third-order valence-electron chi connectivity index (χ3n) is 4.22. The van der Waals surface area contributed by atoms with Crippen molar-refractivity contribution in [3.05, 3.63) is 65.5 Å². The molecular formula is C19H20FNO2. The number of rotatable bonds is 4. The molecule has 2 aromatic carbocycles. The van der Waals surface area contributed by atoms with Gasteiger partial charge in [-0.2, -0.15) is 0 Å². The van der Waals surface area contributed by atoms with Crippen LogP contribution in [0.15, 0.2) is 48.5 Å². The van der Waals surface area contributed by atoms with Crippen molar-refractivity contribution in [2.45, 2.75) is 19.3 Å². The van der Waals surface area contributed by atoms with Gasteiger partial charge in [-0.1, -0.05) is 18.2 Å². The van der Waals surface area contributed by atoms with Crippen LogP contribution in [-0.4, -0.2) is 25.7 Å². The highest BCUT2D eigenvalue weighted by Gasteiger charge is 2.21. The molecule has 1 heterocycles. The second-order valence-electron chi connectivity index (χ2n) is 5.72. The summed E-state index contributed by atoms with van der Waals surface area (Å²) in [6.07, 6.45) is 0.985. The maximum atomic E-state index is 13.4. The number of nitrogens with zero attached hydrogens (tertiary/aromatic N) is 1. The Morgan fingerprint density at radius 2 is 2.09 bits per heavy atom. The molecule has 1 amide bonds. The molecule has 4 heteroatoms. The smallest absolute Gasteiger partial charge is 0.258 e. The lowest BCUT2D eigenvalue weighted by Gasteiger charge is -2.22. The molecule has 1 fully saturated rings. The first kappa shape index (κ1) is 15.7. The van der Waals surface area contributed by atoms with Crippen LogP contribution in [0.3, 0.4) is 0 Å². The van der Waals surface area contributed by atoms with Gasteiger partial charge in [-0.15, -0.1) is 0 Å². The fourth-order valence-electron chi connectivity index (χ4n) is 2.97. The molecule has 1 atom stereocenters. The van der Waals surface area contributed by atoms with E-state index in [1.54, 1.807) is 17.0 Å². The van der Waals surface area contributed by atoms with Crippen molar-refractivity contribution in [2.24, 2.45) is 0 Å². The first-order chi connectivity index (χ1) is 11.2. The van der Waals surface area contributed by atoms with Crippen molar-refractivity contribution in [3.8, 4) is 0 Å². The summed E-state index contributed by atoms with van der Waals surface area (Å²) >= 11 is 0. The van der Waals surface area contributed by atoms with Crippen LogP contribution in [0.5, 0.6) is 0 Å². The predicted octanol–water partition coefficient (Wildman–Crippen LogP) is 4.00. The molecule has 1 aliphatic rings. The highest BCUT2D eigenvalue weighted by atomic mass is 19.1. The van der Waals surface area contributed by atoms with E-state index in [1.807, 2.05) is 31.2 Å². The van der Waals surface area contributed by atoms with Crippen molar-refractivity contribution in [3.63, 3.8) is 0 Å². The van der Waals surface area contributed by atoms with E-state index in [2.05, 4.69) is 0 Å². The van der Waals surface area contributed by atoms with Gasteiger partial charge < -0.3 is 9.64 Å². The van der Waals surface area contributed by atoms with Crippen LogP contribution in [0, 0.1) is 5.82 Å². The highest BCUT2D eigenvalue weighted by Crippen LogP contribution is 2.26. The van der Waals surface area contributed by atoms with Gasteiger partial charge in [0, 0.05) is 30.3 Å². The summed E-state index contributed by atoms with van der Waals surface area (Å²) in [6.45, 7) is 3.85. The number of halogens is 1. The molecule has 0 aliphatic carbocycles. The number of hydrogen-bond donors (Lipinski definition) is 0. The van der Waals surface area contributed by atoms with Crippen LogP contribution < -0.4 is 4.90 Å². The molecule has 1 unspecified atom stereocenters. The summed E-state index contributed by atoms with van der Waals surface area (Å²) in [5.74, 6) is -0.100. The SMILES string of the molecule is CCN(C(=O)c1cccc(C2CCOC2)c1)c1cccc(F)c1. The predicted molar refractivity (Wildman–Crippen MR) is 88.4 cm³/mol. The minimum atomic E-state index is -0.342. The van der Waals surface area contributed by atoms with Crippen LogP contribution in [0.25, 0.3) is 0 Å². The first-order valence-corrected chi connectivity index (χ1v) is 7.94. The Morgan fingerprint density at radius 1 is 1.26 bits per heavy atom. The van der Waals surface area contributed by atoms with Gasteiger partial charge in [-0.25, -0.2) is 4.39 Å². The Bertz CT molecular complexity index is 695. The van der Waals surface area contributed by atoms with E-state index in [0.29, 0.717) is 30.3 Å². The number of anilines is 1. The number of ether oxygens (including phenoxy) is 1. The van der Waals surface area contributed by atoms with E-state index in [1.165, 1.54) is 12.1 Å². The fraction of sp³-hybridized carbons (Fsp3) is 0.316. The molecular weight excluding hydrogens is 293 g/mol. The van der Waals surface area contributed by atoms with E-state index >= 15 is 0 Å². The number of carbonyl (C=O) groups is 1. The average molecular weight is 313 g/mol. The van der Waals surface area contributed by atoms with E-state index in [0.717, 1.165) is 18.6 Å². The normalized spacial score (nSPS) is 17.2. The quantitative estimate of drug-likeness (QED) is 0.854. The summed E-state index contributed by atoms with van der Waals surface area (Å²) in [5.41, 5.74) is 2.33. The molecule has 3 nitrogen and oxygen atoms in total. The lowest BCUT2D eigenvalue weighted by atomic mass is 9.96. The molecule has 0 saturated carbocycles. The van der Waals surface area contributed by atoms with Crippen molar-refractivity contribution < 1.29 is 13.9 Å². The molecule has 0 bridgehead atoms. The van der Waals surface area contributed by atoms with Gasteiger partial charge in [0.15, 0.2) is 0 Å². The minimum Gasteiger partial charge on any atom is -0.381 e. The zero-order valence-corrected chi connectivity index (χ0v) is 13.2. The second kappa shape index (κ2) is 6.92. The number of benzene rings is 2. The number of carbonyl (C=O) groups excluding carboxylic acids is 1. The van der Waals surface area contributed by atoms with Gasteiger partial charge in [-0.3, -0.25) is 4.79 Å². The molecule has 0 aromatic heterocycles. The van der Waals surface area contributed by atoms with Gasteiger partial charge in [0.1, 0.15) is 5.82 Å². The molecule has 0 spiro atoms. The largest absolute Gasteiger partial charge is 0.381 e. The van der Waals surface area contributed by atoms with Crippen LogP contribution >= 0.6 is 0 Å². The van der Waals surface area contributed by atoms with E-state index in [4.69, 9.17) is 4.74 Å². The van der Waals surface area contributed by atoms with Crippen molar-refractivity contribution in [1.82, 2.24) is 0 Å². The molecule has 1 saturated heterocycles. The molecule has 2 aromatic rings. The summed E-state index contributed by atoms with van der Waals surface area (Å²) < 4.78 is 18.9. The zero-order chi connectivity index (χ0) is 16.2. The summed E-state index contributed by atoms with van der Waals surface area (Å²) in [5, 5.41) is 0. The third-order valence-corrected chi connectivity index (χ3v) is 4.22. The summed E-state index contributed by atoms with van der Waals surface area (Å²) in [4.78, 5) is 14.4. The Hall–Kier alpha value is -2.20. The van der Waals surface area contributed by atoms with Crippen LogP contribution in [0.2, 0.25) is 0 Å². The first-order valence-electron chi connectivity index (χ1n) is 7.94. The van der Waals surface area contributed by atoms with Gasteiger partial charge >= 0.3 is 0 Å². The van der Waals surface area contributed by atoms with Gasteiger partial charge in [-0.05, 0) is 49.2 Å². The number of amides is 1. The molecule has 0 radical (unpaired) electrons. The monoisotopic (exact) mass is 313 g/mol. The molecule has 1 aliphatic heterocycles. The van der Waals surface area contributed by atoms with Crippen molar-refractivity contribution in [1.29, 1.82) is 0 Å². The van der Waals surface area contributed by atoms with Gasteiger partial charge in [0.2, 0.25) is 0 Å². The number of hydrogen-bond acceptors (Lipinski definition) is 2. The van der Waals surface area contributed by atoms with Gasteiger partial charge in [0.05, 0.1) is 6.61 Å². The Morgan fingerprint density at radius 3 is 2.78 bits per heavy atom. The molecule has 23 heavy (non-hydrogen) atoms. The fourth-order valence-corrected chi connectivity index (χ4v) is 2.97. The van der Waals surface area contributed by atoms with Crippen molar-refractivity contribution >= 4 is 11.6 Å². The van der Waals surface area contributed by atoms with E-state index < -0.39 is 0 Å². The average Bonchev–Trinajstić information content (AvgIpc) is 3.10. The zero-order valence-electron chi connectivity index (χ0n) is 13.2. The third kappa shape index (κ3) is 3.42. The summed E-state index contributed by atoms with van der Waals surface area (Å²) in [6, 6.07) is 13.8. The highest BCUT2D eigenvalue weighted by molar-refractivity contribution is 6.06. The Balaban J connectivity index is 1.87. The maximum absolute atomic E-state index is 13.4. The van der Waals surface area contributed by atoms with E-state index in [-0.39, 0.29) is 11.7 Å². The maximum Gasteiger partial charge on any atom is 0.258 e. The molecule has 120 valence electrons. The van der Waals surface area contributed by atoms with E-state index in [9.17, 15) is 9.18 Å². The van der Waals surface area contributed by atoms with Gasteiger partial charge in [0.25, 0.3) is 5.91 Å². The topological polar surface area (TPSA) is 29.5 Å².